The maximum absolute atomic E-state index is 13.5. The summed E-state index contributed by atoms with van der Waals surface area (Å²) in [6.07, 6.45) is -0.356. The van der Waals surface area contributed by atoms with Gasteiger partial charge in [-0.05, 0) is 55.8 Å². The molecule has 2 N–H and O–H groups in total. The first-order chi connectivity index (χ1) is 16.4. The monoisotopic (exact) mass is 465 g/mol. The van der Waals surface area contributed by atoms with E-state index in [1.165, 1.54) is 31.0 Å². The molecule has 0 aliphatic carbocycles. The number of hydrogen-bond donors (Lipinski definition) is 2. The Morgan fingerprint density at radius 1 is 1.03 bits per heavy atom. The van der Waals surface area contributed by atoms with Gasteiger partial charge in [0.05, 0.1) is 16.6 Å². The van der Waals surface area contributed by atoms with Crippen LogP contribution < -0.4 is 5.32 Å². The molecule has 2 aromatic heterocycles. The Bertz CT molecular complexity index is 1320. The van der Waals surface area contributed by atoms with E-state index in [2.05, 4.69) is 25.2 Å². The van der Waals surface area contributed by atoms with Crippen molar-refractivity contribution in [2.75, 3.05) is 18.4 Å². The van der Waals surface area contributed by atoms with E-state index in [1.54, 1.807) is 30.5 Å². The number of nitrogens with zero attached hydrogens (tertiary/aromatic N) is 3. The van der Waals surface area contributed by atoms with Crippen LogP contribution in [0.3, 0.4) is 0 Å². The fourth-order valence-corrected chi connectivity index (χ4v) is 4.25. The number of amides is 1. The highest BCUT2D eigenvalue weighted by atomic mass is 19.4. The summed E-state index contributed by atoms with van der Waals surface area (Å²) in [7, 11) is 0. The predicted molar refractivity (Wildman–Crippen MR) is 123 cm³/mol. The molecular weight excluding hydrogens is 443 g/mol. The largest absolute Gasteiger partial charge is 0.417 e. The zero-order chi connectivity index (χ0) is 23.7. The van der Waals surface area contributed by atoms with E-state index in [4.69, 9.17) is 0 Å². The van der Waals surface area contributed by atoms with Crippen LogP contribution in [0, 0.1) is 0 Å². The van der Waals surface area contributed by atoms with Crippen molar-refractivity contribution in [2.24, 2.45) is 0 Å². The molecule has 0 bridgehead atoms. The van der Waals surface area contributed by atoms with Crippen molar-refractivity contribution >= 4 is 22.8 Å². The normalized spacial score (nSPS) is 14.6. The molecule has 6 nitrogen and oxygen atoms in total. The summed E-state index contributed by atoms with van der Waals surface area (Å²) in [4.78, 5) is 26.9. The van der Waals surface area contributed by atoms with Crippen LogP contribution in [0.4, 0.5) is 19.0 Å². The van der Waals surface area contributed by atoms with Crippen LogP contribution in [0.15, 0.2) is 60.8 Å². The highest BCUT2D eigenvalue weighted by molar-refractivity contribution is 6.11. The number of aromatic amines is 1. The van der Waals surface area contributed by atoms with Gasteiger partial charge in [-0.2, -0.15) is 13.2 Å². The first kappa shape index (κ1) is 22.1. The summed E-state index contributed by atoms with van der Waals surface area (Å²) in [5, 5.41) is 2.76. The summed E-state index contributed by atoms with van der Waals surface area (Å²) < 4.78 is 40.4. The third-order valence-electron chi connectivity index (χ3n) is 5.92. The molecule has 1 aliphatic rings. The first-order valence-electron chi connectivity index (χ1n) is 11.0. The molecule has 1 saturated heterocycles. The molecule has 0 radical (unpaired) electrons. The minimum absolute atomic E-state index is 0.0487. The Kier molecular flexibility index (Phi) is 5.79. The van der Waals surface area contributed by atoms with E-state index in [0.29, 0.717) is 11.3 Å². The average molecular weight is 465 g/mol. The van der Waals surface area contributed by atoms with Gasteiger partial charge >= 0.3 is 6.18 Å². The second-order valence-electron chi connectivity index (χ2n) is 8.32. The van der Waals surface area contributed by atoms with Gasteiger partial charge < -0.3 is 10.3 Å². The zero-order valence-corrected chi connectivity index (χ0v) is 18.2. The number of halogens is 3. The number of hydrogen-bond acceptors (Lipinski definition) is 4. The number of likely N-dealkylation sites (tertiary alicyclic amines) is 1. The maximum atomic E-state index is 13.5. The number of carbonyl (C=O) groups is 1. The lowest BCUT2D eigenvalue weighted by molar-refractivity contribution is -0.137. The molecule has 0 unspecified atom stereocenters. The van der Waals surface area contributed by atoms with Crippen LogP contribution in [0.1, 0.15) is 34.3 Å². The molecule has 9 heteroatoms. The number of carbonyl (C=O) groups excluding carboxylic acids is 1. The first-order valence-corrected chi connectivity index (χ1v) is 11.0. The molecule has 1 fully saturated rings. The number of imidazole rings is 1. The molecule has 4 aromatic rings. The lowest BCUT2D eigenvalue weighted by atomic mass is 10.1. The molecule has 5 rings (SSSR count). The number of anilines is 1. The topological polar surface area (TPSA) is 73.9 Å². The van der Waals surface area contributed by atoms with Crippen LogP contribution in [0.5, 0.6) is 0 Å². The van der Waals surface area contributed by atoms with E-state index >= 15 is 0 Å². The number of H-pyrrole nitrogens is 1. The van der Waals surface area contributed by atoms with Crippen LogP contribution >= 0.6 is 0 Å². The van der Waals surface area contributed by atoms with Crippen molar-refractivity contribution in [1.82, 2.24) is 19.9 Å². The molecule has 0 atom stereocenters. The number of pyridine rings is 1. The number of fused-ring (bicyclic) bond motifs is 1. The van der Waals surface area contributed by atoms with Crippen LogP contribution in [-0.2, 0) is 12.7 Å². The van der Waals surface area contributed by atoms with Crippen molar-refractivity contribution in [3.8, 4) is 11.4 Å². The van der Waals surface area contributed by atoms with Gasteiger partial charge in [-0.3, -0.25) is 9.69 Å². The quantitative estimate of drug-likeness (QED) is 0.409. The molecular formula is C25H22F3N5O. The highest BCUT2D eigenvalue weighted by Gasteiger charge is 2.34. The second-order valence-corrected chi connectivity index (χ2v) is 8.32. The van der Waals surface area contributed by atoms with E-state index in [-0.39, 0.29) is 22.5 Å². The van der Waals surface area contributed by atoms with E-state index in [0.717, 1.165) is 31.3 Å². The molecule has 0 saturated carbocycles. The SMILES string of the molecule is O=C(Nc1ccc(CN2CCCC2)cn1)c1cccc2[nH]c(-c3ccccc3C(F)(F)F)nc12. The molecule has 1 aliphatic heterocycles. The Labute approximate surface area is 193 Å². The van der Waals surface area contributed by atoms with E-state index < -0.39 is 17.6 Å². The molecule has 0 spiro atoms. The fraction of sp³-hybridized carbons (Fsp3) is 0.240. The molecule has 1 amide bonds. The van der Waals surface area contributed by atoms with Crippen LogP contribution in [-0.4, -0.2) is 38.8 Å². The van der Waals surface area contributed by atoms with Gasteiger partial charge in [0.1, 0.15) is 17.2 Å². The van der Waals surface area contributed by atoms with Crippen molar-refractivity contribution < 1.29 is 18.0 Å². The summed E-state index contributed by atoms with van der Waals surface area (Å²) in [6, 6.07) is 13.8. The van der Waals surface area contributed by atoms with E-state index in [9.17, 15) is 18.0 Å². The molecule has 3 heterocycles. The molecule has 2 aromatic carbocycles. The Balaban J connectivity index is 1.39. The maximum Gasteiger partial charge on any atom is 0.417 e. The lowest BCUT2D eigenvalue weighted by Crippen LogP contribution is -2.18. The Morgan fingerprint density at radius 3 is 2.56 bits per heavy atom. The average Bonchev–Trinajstić information content (AvgIpc) is 3.49. The number of aromatic nitrogens is 3. The van der Waals surface area contributed by atoms with Crippen molar-refractivity contribution in [2.45, 2.75) is 25.6 Å². The van der Waals surface area contributed by atoms with Gasteiger partial charge in [-0.15, -0.1) is 0 Å². The standard InChI is InChI=1S/C25H22F3N5O/c26-25(27,28)19-8-2-1-6-17(19)23-30-20-9-5-7-18(22(20)32-23)24(34)31-21-11-10-16(14-29-21)15-33-12-3-4-13-33/h1-2,5-11,14H,3-4,12-13,15H2,(H,30,32)(H,29,31,34). The van der Waals surface area contributed by atoms with Crippen LogP contribution in [0.2, 0.25) is 0 Å². The van der Waals surface area contributed by atoms with Crippen molar-refractivity contribution in [3.05, 3.63) is 77.5 Å². The lowest BCUT2D eigenvalue weighted by Gasteiger charge is -2.14. The predicted octanol–water partition coefficient (Wildman–Crippen LogP) is 5.49. The number of rotatable bonds is 5. The minimum Gasteiger partial charge on any atom is -0.338 e. The van der Waals surface area contributed by atoms with Gasteiger partial charge in [-0.1, -0.05) is 30.3 Å². The van der Waals surface area contributed by atoms with Gasteiger partial charge in [0.15, 0.2) is 0 Å². The third kappa shape index (κ3) is 4.51. The molecule has 34 heavy (non-hydrogen) atoms. The molecule has 174 valence electrons. The van der Waals surface area contributed by atoms with Crippen molar-refractivity contribution in [3.63, 3.8) is 0 Å². The fourth-order valence-electron chi connectivity index (χ4n) is 4.25. The highest BCUT2D eigenvalue weighted by Crippen LogP contribution is 2.36. The summed E-state index contributed by atoms with van der Waals surface area (Å²) in [6.45, 7) is 3.00. The van der Waals surface area contributed by atoms with Crippen molar-refractivity contribution in [1.29, 1.82) is 0 Å². The number of nitrogens with one attached hydrogen (secondary N) is 2. The minimum atomic E-state index is -4.53. The summed E-state index contributed by atoms with van der Waals surface area (Å²) in [5.41, 5.74) is 1.20. The van der Waals surface area contributed by atoms with Gasteiger partial charge in [0, 0.05) is 18.3 Å². The van der Waals surface area contributed by atoms with Crippen LogP contribution in [0.25, 0.3) is 22.4 Å². The number of alkyl halides is 3. The smallest absolute Gasteiger partial charge is 0.338 e. The number of benzene rings is 2. The van der Waals surface area contributed by atoms with Gasteiger partial charge in [0.25, 0.3) is 5.91 Å². The summed E-state index contributed by atoms with van der Waals surface area (Å²) in [5.74, 6) is 0.00506. The number of para-hydroxylation sites is 1. The van der Waals surface area contributed by atoms with E-state index in [1.807, 2.05) is 6.07 Å². The Morgan fingerprint density at radius 2 is 1.82 bits per heavy atom. The zero-order valence-electron chi connectivity index (χ0n) is 18.2. The second kappa shape index (κ2) is 8.90. The van der Waals surface area contributed by atoms with Gasteiger partial charge in [-0.25, -0.2) is 9.97 Å². The Hall–Kier alpha value is -3.72. The third-order valence-corrected chi connectivity index (χ3v) is 5.92. The van der Waals surface area contributed by atoms with Gasteiger partial charge in [0.2, 0.25) is 0 Å². The summed E-state index contributed by atoms with van der Waals surface area (Å²) >= 11 is 0.